The molecule has 1 atom stereocenters. The van der Waals surface area contributed by atoms with Gasteiger partial charge in [-0.1, -0.05) is 12.1 Å². The summed E-state index contributed by atoms with van der Waals surface area (Å²) in [6.07, 6.45) is 2.21. The van der Waals surface area contributed by atoms with Crippen molar-refractivity contribution in [2.75, 3.05) is 0 Å². The van der Waals surface area contributed by atoms with Gasteiger partial charge in [0.15, 0.2) is 0 Å². The first-order chi connectivity index (χ1) is 11.4. The Hall–Kier alpha value is -2.96. The Kier molecular flexibility index (Phi) is 3.92. The number of nitro benzene ring substituents is 1. The van der Waals surface area contributed by atoms with E-state index in [2.05, 4.69) is 5.10 Å². The standard InChI is InChI=1S/C17H17N3O4/c1-10-9-24-11(2)17(10)15-8-16(19(18-15)12(3)21)13-4-6-14(7-5-13)20(22)23/h4-7,9,16H,8H2,1-3H3/t16-/m1/s1. The quantitative estimate of drug-likeness (QED) is 0.637. The molecule has 0 saturated carbocycles. The summed E-state index contributed by atoms with van der Waals surface area (Å²) >= 11 is 0. The molecule has 1 aliphatic rings. The minimum absolute atomic E-state index is 0.0220. The van der Waals surface area contributed by atoms with Gasteiger partial charge in [-0.3, -0.25) is 14.9 Å². The maximum Gasteiger partial charge on any atom is 0.269 e. The number of hydrogen-bond acceptors (Lipinski definition) is 5. The van der Waals surface area contributed by atoms with Crippen LogP contribution in [-0.4, -0.2) is 21.6 Å². The highest BCUT2D eigenvalue weighted by Gasteiger charge is 2.33. The van der Waals surface area contributed by atoms with Crippen molar-refractivity contribution < 1.29 is 14.1 Å². The summed E-state index contributed by atoms with van der Waals surface area (Å²) in [6.45, 7) is 5.26. The second kappa shape index (κ2) is 5.92. The van der Waals surface area contributed by atoms with E-state index in [-0.39, 0.29) is 17.6 Å². The summed E-state index contributed by atoms with van der Waals surface area (Å²) < 4.78 is 5.43. The van der Waals surface area contributed by atoms with Gasteiger partial charge in [0.05, 0.1) is 22.9 Å². The number of carbonyl (C=O) groups is 1. The van der Waals surface area contributed by atoms with Crippen LogP contribution >= 0.6 is 0 Å². The molecule has 24 heavy (non-hydrogen) atoms. The van der Waals surface area contributed by atoms with Crippen LogP contribution in [0.15, 0.2) is 40.0 Å². The number of nitrogens with zero attached hydrogens (tertiary/aromatic N) is 3. The van der Waals surface area contributed by atoms with Gasteiger partial charge in [-0.2, -0.15) is 5.10 Å². The van der Waals surface area contributed by atoms with Gasteiger partial charge in [0.2, 0.25) is 5.91 Å². The Balaban J connectivity index is 1.95. The number of aryl methyl sites for hydroxylation is 2. The number of amides is 1. The van der Waals surface area contributed by atoms with Crippen molar-refractivity contribution in [2.45, 2.75) is 33.2 Å². The third-order valence-electron chi connectivity index (χ3n) is 4.17. The van der Waals surface area contributed by atoms with Crippen LogP contribution in [0, 0.1) is 24.0 Å². The summed E-state index contributed by atoms with van der Waals surface area (Å²) in [4.78, 5) is 22.3. The molecule has 2 aromatic rings. The molecule has 3 rings (SSSR count). The van der Waals surface area contributed by atoms with E-state index in [0.717, 1.165) is 28.2 Å². The lowest BCUT2D eigenvalue weighted by atomic mass is 9.97. The minimum Gasteiger partial charge on any atom is -0.469 e. The molecule has 0 bridgehead atoms. The lowest BCUT2D eigenvalue weighted by Gasteiger charge is -2.20. The summed E-state index contributed by atoms with van der Waals surface area (Å²) in [7, 11) is 0. The van der Waals surface area contributed by atoms with E-state index in [1.165, 1.54) is 24.1 Å². The molecular formula is C17H17N3O4. The zero-order chi connectivity index (χ0) is 17.4. The first-order valence-corrected chi connectivity index (χ1v) is 7.55. The molecule has 0 spiro atoms. The predicted molar refractivity (Wildman–Crippen MR) is 87.7 cm³/mol. The average molecular weight is 327 g/mol. The van der Waals surface area contributed by atoms with Crippen LogP contribution in [0.4, 0.5) is 5.69 Å². The lowest BCUT2D eigenvalue weighted by molar-refractivity contribution is -0.384. The predicted octanol–water partition coefficient (Wildman–Crippen LogP) is 3.50. The maximum absolute atomic E-state index is 12.0. The van der Waals surface area contributed by atoms with Crippen molar-refractivity contribution in [2.24, 2.45) is 5.10 Å². The summed E-state index contributed by atoms with van der Waals surface area (Å²) in [6, 6.07) is 5.96. The Morgan fingerprint density at radius 3 is 2.50 bits per heavy atom. The summed E-state index contributed by atoms with van der Waals surface area (Å²) in [5.41, 5.74) is 3.52. The van der Waals surface area contributed by atoms with E-state index >= 15 is 0 Å². The molecule has 1 aromatic heterocycles. The van der Waals surface area contributed by atoms with Crippen LogP contribution < -0.4 is 0 Å². The van der Waals surface area contributed by atoms with Crippen LogP contribution in [0.5, 0.6) is 0 Å². The van der Waals surface area contributed by atoms with Crippen molar-refractivity contribution in [1.82, 2.24) is 5.01 Å². The van der Waals surface area contributed by atoms with Gasteiger partial charge in [-0.25, -0.2) is 5.01 Å². The molecule has 7 heteroatoms. The largest absolute Gasteiger partial charge is 0.469 e. The first-order valence-electron chi connectivity index (χ1n) is 7.55. The van der Waals surface area contributed by atoms with Crippen molar-refractivity contribution in [1.29, 1.82) is 0 Å². The SMILES string of the molecule is CC(=O)N1N=C(c2c(C)coc2C)C[C@@H]1c1ccc([N+](=O)[O-])cc1. The molecule has 124 valence electrons. The van der Waals surface area contributed by atoms with E-state index in [0.29, 0.717) is 6.42 Å². The smallest absolute Gasteiger partial charge is 0.269 e. The molecule has 0 aliphatic carbocycles. The van der Waals surface area contributed by atoms with Gasteiger partial charge in [0.25, 0.3) is 5.69 Å². The monoisotopic (exact) mass is 327 g/mol. The average Bonchev–Trinajstić information content (AvgIpc) is 3.11. The van der Waals surface area contributed by atoms with E-state index < -0.39 is 4.92 Å². The van der Waals surface area contributed by atoms with Gasteiger partial charge >= 0.3 is 0 Å². The summed E-state index contributed by atoms with van der Waals surface area (Å²) in [5, 5.41) is 16.7. The third kappa shape index (κ3) is 2.68. The van der Waals surface area contributed by atoms with Gasteiger partial charge in [0, 0.05) is 31.0 Å². The Bertz CT molecular complexity index is 817. The van der Waals surface area contributed by atoms with Gasteiger partial charge in [-0.15, -0.1) is 0 Å². The number of rotatable bonds is 3. The van der Waals surface area contributed by atoms with E-state index in [1.54, 1.807) is 18.4 Å². The molecule has 0 fully saturated rings. The highest BCUT2D eigenvalue weighted by molar-refractivity contribution is 6.04. The first kappa shape index (κ1) is 15.9. The summed E-state index contributed by atoms with van der Waals surface area (Å²) in [5.74, 6) is 0.589. The molecular weight excluding hydrogens is 310 g/mol. The van der Waals surface area contributed by atoms with Crippen LogP contribution in [0.2, 0.25) is 0 Å². The minimum atomic E-state index is -0.443. The van der Waals surface area contributed by atoms with Gasteiger partial charge in [0.1, 0.15) is 5.76 Å². The molecule has 1 amide bonds. The van der Waals surface area contributed by atoms with E-state index in [9.17, 15) is 14.9 Å². The molecule has 0 N–H and O–H groups in total. The zero-order valence-electron chi connectivity index (χ0n) is 13.6. The van der Waals surface area contributed by atoms with Crippen LogP contribution in [-0.2, 0) is 4.79 Å². The van der Waals surface area contributed by atoms with Crippen molar-refractivity contribution >= 4 is 17.3 Å². The highest BCUT2D eigenvalue weighted by Crippen LogP contribution is 2.35. The van der Waals surface area contributed by atoms with Crippen LogP contribution in [0.1, 0.15) is 41.8 Å². The zero-order valence-corrected chi connectivity index (χ0v) is 13.6. The number of hydrogen-bond donors (Lipinski definition) is 0. The fourth-order valence-corrected chi connectivity index (χ4v) is 3.03. The van der Waals surface area contributed by atoms with E-state index in [4.69, 9.17) is 4.42 Å². The second-order valence-corrected chi connectivity index (χ2v) is 5.83. The number of nitro groups is 1. The molecule has 0 unspecified atom stereocenters. The van der Waals surface area contributed by atoms with Crippen molar-refractivity contribution in [3.8, 4) is 0 Å². The molecule has 0 radical (unpaired) electrons. The number of benzene rings is 1. The molecule has 1 aliphatic heterocycles. The molecule has 1 aromatic carbocycles. The normalized spacial score (nSPS) is 17.0. The van der Waals surface area contributed by atoms with Gasteiger partial charge in [-0.05, 0) is 25.0 Å². The van der Waals surface area contributed by atoms with Crippen molar-refractivity contribution in [3.63, 3.8) is 0 Å². The number of non-ortho nitro benzene ring substituents is 1. The fraction of sp³-hybridized carbons (Fsp3) is 0.294. The lowest BCUT2D eigenvalue weighted by Crippen LogP contribution is -2.24. The number of furan rings is 1. The topological polar surface area (TPSA) is 89.0 Å². The maximum atomic E-state index is 12.0. The highest BCUT2D eigenvalue weighted by atomic mass is 16.6. The molecule has 7 nitrogen and oxygen atoms in total. The third-order valence-corrected chi connectivity index (χ3v) is 4.17. The Labute approximate surface area is 138 Å². The number of carbonyl (C=O) groups excluding carboxylic acids is 1. The van der Waals surface area contributed by atoms with Crippen LogP contribution in [0.25, 0.3) is 0 Å². The van der Waals surface area contributed by atoms with Gasteiger partial charge < -0.3 is 4.42 Å². The molecule has 2 heterocycles. The molecule has 0 saturated heterocycles. The van der Waals surface area contributed by atoms with Crippen molar-refractivity contribution in [3.05, 3.63) is 63.1 Å². The second-order valence-electron chi connectivity index (χ2n) is 5.83. The fourth-order valence-electron chi connectivity index (χ4n) is 3.03. The Morgan fingerprint density at radius 1 is 1.33 bits per heavy atom. The van der Waals surface area contributed by atoms with Crippen LogP contribution in [0.3, 0.4) is 0 Å². The number of hydrazone groups is 1. The Morgan fingerprint density at radius 2 is 2.00 bits per heavy atom. The van der Waals surface area contributed by atoms with E-state index in [1.807, 2.05) is 13.8 Å².